The van der Waals surface area contributed by atoms with Crippen LogP contribution in [0.3, 0.4) is 0 Å². The molecule has 0 aromatic carbocycles. The second-order valence-electron chi connectivity index (χ2n) is 5.28. The van der Waals surface area contributed by atoms with Gasteiger partial charge in [-0.1, -0.05) is 31.1 Å². The van der Waals surface area contributed by atoms with E-state index < -0.39 is 10.0 Å². The van der Waals surface area contributed by atoms with Crippen LogP contribution in [0, 0.1) is 12.8 Å². The Bertz CT molecular complexity index is 603. The first-order valence-electron chi connectivity index (χ1n) is 6.51. The van der Waals surface area contributed by atoms with Crippen molar-refractivity contribution in [2.45, 2.75) is 49.8 Å². The Kier molecular flexibility index (Phi) is 4.17. The molecule has 0 radical (unpaired) electrons. The zero-order chi connectivity index (χ0) is 14.2. The molecule has 1 N–H and O–H groups in total. The lowest BCUT2D eigenvalue weighted by Crippen LogP contribution is -2.42. The first-order chi connectivity index (χ1) is 8.84. The van der Waals surface area contributed by atoms with Crippen molar-refractivity contribution in [1.29, 1.82) is 0 Å². The van der Waals surface area contributed by atoms with Gasteiger partial charge in [0.15, 0.2) is 4.21 Å². The fourth-order valence-electron chi connectivity index (χ4n) is 2.78. The topological polar surface area (TPSA) is 70.2 Å². The van der Waals surface area contributed by atoms with Crippen molar-refractivity contribution < 1.29 is 8.42 Å². The highest BCUT2D eigenvalue weighted by atomic mass is 32.2. The molecule has 2 rings (SSSR count). The lowest BCUT2D eigenvalue weighted by atomic mass is 9.86. The first kappa shape index (κ1) is 14.7. The van der Waals surface area contributed by atoms with Crippen molar-refractivity contribution in [1.82, 2.24) is 9.29 Å². The maximum Gasteiger partial charge on any atom is 0.305 e. The molecule has 0 aliphatic heterocycles. The lowest BCUT2D eigenvalue weighted by molar-refractivity contribution is 0.213. The molecule has 7 heteroatoms. The van der Waals surface area contributed by atoms with E-state index in [2.05, 4.69) is 11.9 Å². The summed E-state index contributed by atoms with van der Waals surface area (Å²) in [6.07, 6.45) is 4.20. The summed E-state index contributed by atoms with van der Waals surface area (Å²) in [7, 11) is -1.93. The zero-order valence-corrected chi connectivity index (χ0v) is 13.1. The Morgan fingerprint density at radius 2 is 1.95 bits per heavy atom. The van der Waals surface area contributed by atoms with Gasteiger partial charge in [-0.15, -0.1) is 0 Å². The largest absolute Gasteiger partial charge is 0.315 e. The Hall–Kier alpha value is -0.660. The fraction of sp³-hybridized carbons (Fsp3) is 0.750. The quantitative estimate of drug-likeness (QED) is 0.928. The summed E-state index contributed by atoms with van der Waals surface area (Å²) in [5.74, 6) is 0.365. The summed E-state index contributed by atoms with van der Waals surface area (Å²) in [6.45, 7) is 3.73. The third-order valence-corrected chi connectivity index (χ3v) is 7.39. The monoisotopic (exact) mass is 304 g/mol. The van der Waals surface area contributed by atoms with Crippen LogP contribution in [0.25, 0.3) is 0 Å². The van der Waals surface area contributed by atoms with E-state index in [1.54, 1.807) is 14.0 Å². The second kappa shape index (κ2) is 5.38. The van der Waals surface area contributed by atoms with E-state index in [0.717, 1.165) is 30.6 Å². The van der Waals surface area contributed by atoms with Gasteiger partial charge in [-0.2, -0.15) is 4.31 Å². The molecular formula is C12H20N2O3S2. The average Bonchev–Trinajstić information content (AvgIpc) is 2.69. The molecule has 2 unspecified atom stereocenters. The zero-order valence-electron chi connectivity index (χ0n) is 11.5. The van der Waals surface area contributed by atoms with Gasteiger partial charge in [0.25, 0.3) is 10.0 Å². The Morgan fingerprint density at radius 3 is 2.47 bits per heavy atom. The molecule has 19 heavy (non-hydrogen) atoms. The van der Waals surface area contributed by atoms with Gasteiger partial charge in [-0.25, -0.2) is 8.42 Å². The van der Waals surface area contributed by atoms with E-state index in [1.165, 1.54) is 10.7 Å². The van der Waals surface area contributed by atoms with Crippen LogP contribution in [0.15, 0.2) is 9.00 Å². The van der Waals surface area contributed by atoms with Crippen molar-refractivity contribution in [2.24, 2.45) is 5.92 Å². The Balaban J connectivity index is 2.33. The number of hydrogen-bond donors (Lipinski definition) is 1. The summed E-state index contributed by atoms with van der Waals surface area (Å²) >= 11 is 0.774. The molecular weight excluding hydrogens is 284 g/mol. The van der Waals surface area contributed by atoms with E-state index in [0.29, 0.717) is 11.6 Å². The Morgan fingerprint density at radius 1 is 1.32 bits per heavy atom. The summed E-state index contributed by atoms with van der Waals surface area (Å²) < 4.78 is 26.8. The highest BCUT2D eigenvalue weighted by molar-refractivity contribution is 7.91. The van der Waals surface area contributed by atoms with E-state index in [9.17, 15) is 13.2 Å². The minimum absolute atomic E-state index is 0.0374. The number of rotatable bonds is 3. The second-order valence-corrected chi connectivity index (χ2v) is 8.45. The summed E-state index contributed by atoms with van der Waals surface area (Å²) in [4.78, 5) is 13.5. The van der Waals surface area contributed by atoms with Crippen LogP contribution in [0.2, 0.25) is 0 Å². The normalized spacial score (nSPS) is 24.8. The van der Waals surface area contributed by atoms with Crippen LogP contribution >= 0.6 is 11.3 Å². The van der Waals surface area contributed by atoms with Crippen molar-refractivity contribution in [3.05, 3.63) is 15.4 Å². The Labute approximate surface area is 117 Å². The third-order valence-electron chi connectivity index (χ3n) is 3.93. The maximum absolute atomic E-state index is 12.6. The number of aromatic nitrogens is 1. The van der Waals surface area contributed by atoms with Crippen molar-refractivity contribution in [3.63, 3.8) is 0 Å². The van der Waals surface area contributed by atoms with Crippen LogP contribution in [0.5, 0.6) is 0 Å². The predicted octanol–water partition coefficient (Wildman–Crippen LogP) is 1.94. The standard InChI is InChI=1S/C12H20N2O3S2/c1-8-6-4-5-7-10(8)14(3)19(16,17)11-9(2)13-12(15)18-11/h8,10H,4-7H2,1-3H3,(H,13,15). The molecule has 1 saturated carbocycles. The molecule has 0 spiro atoms. The number of nitrogens with zero attached hydrogens (tertiary/aromatic N) is 1. The van der Waals surface area contributed by atoms with Gasteiger partial charge in [-0.3, -0.25) is 4.79 Å². The van der Waals surface area contributed by atoms with Gasteiger partial charge in [0, 0.05) is 18.8 Å². The van der Waals surface area contributed by atoms with Crippen LogP contribution < -0.4 is 4.87 Å². The number of nitrogens with one attached hydrogen (secondary N) is 1. The number of thiazole rings is 1. The van der Waals surface area contributed by atoms with Gasteiger partial charge in [0.2, 0.25) is 0 Å². The van der Waals surface area contributed by atoms with Crippen LogP contribution in [0.4, 0.5) is 0 Å². The number of aromatic amines is 1. The SMILES string of the molecule is Cc1[nH]c(=O)sc1S(=O)(=O)N(C)C1CCCCC1C. The number of H-pyrrole nitrogens is 1. The summed E-state index contributed by atoms with van der Waals surface area (Å²) in [5, 5.41) is 0. The van der Waals surface area contributed by atoms with Crippen molar-refractivity contribution in [3.8, 4) is 0 Å². The molecule has 1 aliphatic carbocycles. The molecule has 0 bridgehead atoms. The van der Waals surface area contributed by atoms with Crippen LogP contribution in [-0.2, 0) is 10.0 Å². The molecule has 5 nitrogen and oxygen atoms in total. The number of hydrogen-bond acceptors (Lipinski definition) is 4. The van der Waals surface area contributed by atoms with Gasteiger partial charge in [0.05, 0.1) is 0 Å². The highest BCUT2D eigenvalue weighted by Gasteiger charge is 2.34. The average molecular weight is 304 g/mol. The van der Waals surface area contributed by atoms with Crippen molar-refractivity contribution in [2.75, 3.05) is 7.05 Å². The smallest absolute Gasteiger partial charge is 0.305 e. The lowest BCUT2D eigenvalue weighted by Gasteiger charge is -2.35. The first-order valence-corrected chi connectivity index (χ1v) is 8.77. The van der Waals surface area contributed by atoms with Crippen LogP contribution in [-0.4, -0.2) is 30.8 Å². The molecule has 2 atom stereocenters. The molecule has 0 amide bonds. The molecule has 1 aromatic rings. The van der Waals surface area contributed by atoms with E-state index in [4.69, 9.17) is 0 Å². The fourth-order valence-corrected chi connectivity index (χ4v) is 5.73. The summed E-state index contributed by atoms with van der Waals surface area (Å²) in [6, 6.07) is 0.0374. The molecule has 1 fully saturated rings. The minimum atomic E-state index is -3.56. The van der Waals surface area contributed by atoms with Crippen LogP contribution in [0.1, 0.15) is 38.3 Å². The molecule has 108 valence electrons. The third kappa shape index (κ3) is 2.78. The number of sulfonamides is 1. The molecule has 1 aliphatic rings. The van der Waals surface area contributed by atoms with Crippen molar-refractivity contribution >= 4 is 21.4 Å². The van der Waals surface area contributed by atoms with Gasteiger partial charge >= 0.3 is 4.87 Å². The maximum atomic E-state index is 12.6. The predicted molar refractivity (Wildman–Crippen MR) is 76.0 cm³/mol. The van der Waals surface area contributed by atoms with Gasteiger partial charge in [0.1, 0.15) is 0 Å². The van der Waals surface area contributed by atoms with Gasteiger partial charge in [-0.05, 0) is 25.7 Å². The van der Waals surface area contributed by atoms with E-state index in [1.807, 2.05) is 0 Å². The van der Waals surface area contributed by atoms with E-state index in [-0.39, 0.29) is 15.1 Å². The highest BCUT2D eigenvalue weighted by Crippen LogP contribution is 2.31. The number of aryl methyl sites for hydroxylation is 1. The minimum Gasteiger partial charge on any atom is -0.315 e. The molecule has 1 aromatic heterocycles. The molecule has 1 heterocycles. The van der Waals surface area contributed by atoms with Gasteiger partial charge < -0.3 is 4.98 Å². The van der Waals surface area contributed by atoms with E-state index >= 15 is 0 Å². The molecule has 0 saturated heterocycles. The summed E-state index contributed by atoms with van der Waals surface area (Å²) in [5.41, 5.74) is 0.435.